The lowest BCUT2D eigenvalue weighted by molar-refractivity contribution is 0.339. The van der Waals surface area contributed by atoms with E-state index < -0.39 is 0 Å². The highest BCUT2D eigenvalue weighted by Gasteiger charge is 2.25. The van der Waals surface area contributed by atoms with E-state index in [4.69, 9.17) is 0 Å². The zero-order valence-electron chi connectivity index (χ0n) is 14.1. The second kappa shape index (κ2) is 6.72. The van der Waals surface area contributed by atoms with Crippen molar-refractivity contribution in [3.8, 4) is 0 Å². The Morgan fingerprint density at radius 2 is 2.04 bits per heavy atom. The Kier molecular flexibility index (Phi) is 4.28. The minimum absolute atomic E-state index is 0.0852. The van der Waals surface area contributed by atoms with Crippen molar-refractivity contribution in [3.63, 3.8) is 0 Å². The molecule has 0 aliphatic carbocycles. The predicted molar refractivity (Wildman–Crippen MR) is 92.5 cm³/mol. The molecule has 2 atom stereocenters. The zero-order chi connectivity index (χ0) is 17.2. The molecular formula is C19H20FN5. The normalized spacial score (nSPS) is 17.9. The van der Waals surface area contributed by atoms with Gasteiger partial charge in [0.2, 0.25) is 0 Å². The molecule has 0 bridgehead atoms. The van der Waals surface area contributed by atoms with Crippen LogP contribution in [0.5, 0.6) is 0 Å². The molecule has 1 N–H and O–H groups in total. The zero-order valence-corrected chi connectivity index (χ0v) is 14.1. The molecule has 1 aliphatic heterocycles. The van der Waals surface area contributed by atoms with Gasteiger partial charge < -0.3 is 5.32 Å². The number of aromatic nitrogens is 4. The van der Waals surface area contributed by atoms with Crippen LogP contribution in [0.1, 0.15) is 35.4 Å². The number of aryl methyl sites for hydroxylation is 2. The predicted octanol–water partition coefficient (Wildman–Crippen LogP) is 2.81. The second-order valence-electron chi connectivity index (χ2n) is 6.40. The van der Waals surface area contributed by atoms with E-state index in [2.05, 4.69) is 32.5 Å². The minimum Gasteiger partial charge on any atom is -0.300 e. The van der Waals surface area contributed by atoms with Crippen molar-refractivity contribution in [2.24, 2.45) is 0 Å². The first-order chi connectivity index (χ1) is 12.2. The average Bonchev–Trinajstić information content (AvgIpc) is 3.00. The molecule has 128 valence electrons. The summed E-state index contributed by atoms with van der Waals surface area (Å²) in [6.45, 7) is 2.70. The maximum Gasteiger partial charge on any atom is 0.147 e. The molecule has 1 aromatic carbocycles. The van der Waals surface area contributed by atoms with Gasteiger partial charge in [-0.3, -0.25) is 4.98 Å². The summed E-state index contributed by atoms with van der Waals surface area (Å²) in [5.74, 6) is 1.54. The quantitative estimate of drug-likeness (QED) is 0.795. The first-order valence-corrected chi connectivity index (χ1v) is 8.52. The summed E-state index contributed by atoms with van der Waals surface area (Å²) >= 11 is 0. The Morgan fingerprint density at radius 1 is 1.20 bits per heavy atom. The Balaban J connectivity index is 1.60. The number of nitrogens with zero attached hydrogens (tertiary/aromatic N) is 4. The summed E-state index contributed by atoms with van der Waals surface area (Å²) in [5, 5.41) is 8.15. The SMILES string of the molecule is Cc1nc2n(n1)C[C@@H](N[C@H](c1ccccc1)c1ccc(F)cn1)CC2. The van der Waals surface area contributed by atoms with Crippen molar-refractivity contribution in [1.82, 2.24) is 25.1 Å². The molecule has 0 amide bonds. The van der Waals surface area contributed by atoms with E-state index in [0.717, 1.165) is 42.3 Å². The minimum atomic E-state index is -0.323. The molecule has 6 heteroatoms. The van der Waals surface area contributed by atoms with Crippen LogP contribution in [-0.2, 0) is 13.0 Å². The third-order valence-corrected chi connectivity index (χ3v) is 4.55. The molecule has 0 saturated heterocycles. The molecule has 4 rings (SSSR count). The number of hydrogen-bond acceptors (Lipinski definition) is 4. The van der Waals surface area contributed by atoms with Crippen molar-refractivity contribution < 1.29 is 4.39 Å². The molecule has 0 unspecified atom stereocenters. The summed E-state index contributed by atoms with van der Waals surface area (Å²) in [4.78, 5) is 8.76. The van der Waals surface area contributed by atoms with Gasteiger partial charge in [-0.2, -0.15) is 5.10 Å². The van der Waals surface area contributed by atoms with E-state index in [1.54, 1.807) is 6.07 Å². The number of halogens is 1. The van der Waals surface area contributed by atoms with Crippen LogP contribution in [0.2, 0.25) is 0 Å². The molecule has 3 aromatic rings. The lowest BCUT2D eigenvalue weighted by Gasteiger charge is -2.28. The molecule has 0 saturated carbocycles. The van der Waals surface area contributed by atoms with Gasteiger partial charge in [0.25, 0.3) is 0 Å². The molecule has 0 spiro atoms. The van der Waals surface area contributed by atoms with E-state index in [-0.39, 0.29) is 17.9 Å². The van der Waals surface area contributed by atoms with Crippen molar-refractivity contribution in [1.29, 1.82) is 0 Å². The fourth-order valence-corrected chi connectivity index (χ4v) is 3.36. The molecule has 25 heavy (non-hydrogen) atoms. The van der Waals surface area contributed by atoms with Crippen molar-refractivity contribution >= 4 is 0 Å². The van der Waals surface area contributed by atoms with Gasteiger partial charge in [-0.15, -0.1) is 0 Å². The van der Waals surface area contributed by atoms with Crippen LogP contribution in [0.25, 0.3) is 0 Å². The van der Waals surface area contributed by atoms with Crippen LogP contribution < -0.4 is 5.32 Å². The van der Waals surface area contributed by atoms with Crippen LogP contribution in [0.4, 0.5) is 4.39 Å². The van der Waals surface area contributed by atoms with Crippen LogP contribution in [-0.4, -0.2) is 25.8 Å². The number of hydrogen-bond donors (Lipinski definition) is 1. The van der Waals surface area contributed by atoms with Gasteiger partial charge >= 0.3 is 0 Å². The van der Waals surface area contributed by atoms with Gasteiger partial charge in [-0.25, -0.2) is 14.1 Å². The highest BCUT2D eigenvalue weighted by molar-refractivity contribution is 5.28. The highest BCUT2D eigenvalue weighted by atomic mass is 19.1. The van der Waals surface area contributed by atoms with Gasteiger partial charge in [0.15, 0.2) is 0 Å². The molecule has 0 fully saturated rings. The second-order valence-corrected chi connectivity index (χ2v) is 6.40. The van der Waals surface area contributed by atoms with Crippen LogP contribution in [0.3, 0.4) is 0 Å². The monoisotopic (exact) mass is 337 g/mol. The Hall–Kier alpha value is -2.60. The Bertz CT molecular complexity index is 844. The summed E-state index contributed by atoms with van der Waals surface area (Å²) in [6.07, 6.45) is 3.16. The van der Waals surface area contributed by atoms with Gasteiger partial charge in [0.05, 0.1) is 24.5 Å². The molecule has 0 radical (unpaired) electrons. The average molecular weight is 337 g/mol. The Labute approximate surface area is 145 Å². The van der Waals surface area contributed by atoms with Gasteiger partial charge in [0, 0.05) is 12.5 Å². The first kappa shape index (κ1) is 15.9. The highest BCUT2D eigenvalue weighted by Crippen LogP contribution is 2.23. The van der Waals surface area contributed by atoms with E-state index in [1.165, 1.54) is 12.3 Å². The molecule has 5 nitrogen and oxygen atoms in total. The third-order valence-electron chi connectivity index (χ3n) is 4.55. The van der Waals surface area contributed by atoms with Crippen molar-refractivity contribution in [2.75, 3.05) is 0 Å². The topological polar surface area (TPSA) is 55.6 Å². The summed E-state index contributed by atoms with van der Waals surface area (Å²) in [5.41, 5.74) is 1.93. The Morgan fingerprint density at radius 3 is 2.80 bits per heavy atom. The van der Waals surface area contributed by atoms with E-state index >= 15 is 0 Å². The van der Waals surface area contributed by atoms with Crippen LogP contribution >= 0.6 is 0 Å². The van der Waals surface area contributed by atoms with E-state index in [9.17, 15) is 4.39 Å². The van der Waals surface area contributed by atoms with Gasteiger partial charge in [-0.1, -0.05) is 30.3 Å². The number of rotatable bonds is 4. The standard InChI is InChI=1S/C19H20FN5/c1-13-22-18-10-8-16(12-25(18)24-13)23-19(14-5-3-2-4-6-14)17-9-7-15(20)11-21-17/h2-7,9,11,16,19,23H,8,10,12H2,1H3/t16-,19+/m0/s1. The summed E-state index contributed by atoms with van der Waals surface area (Å²) < 4.78 is 15.3. The maximum atomic E-state index is 13.3. The molecule has 2 aromatic heterocycles. The van der Waals surface area contributed by atoms with Crippen LogP contribution in [0, 0.1) is 12.7 Å². The summed E-state index contributed by atoms with van der Waals surface area (Å²) in [7, 11) is 0. The van der Waals surface area contributed by atoms with Crippen molar-refractivity contribution in [2.45, 2.75) is 38.4 Å². The summed E-state index contributed by atoms with van der Waals surface area (Å²) in [6, 6.07) is 13.5. The number of nitrogens with one attached hydrogen (secondary N) is 1. The third kappa shape index (κ3) is 3.44. The van der Waals surface area contributed by atoms with E-state index in [1.807, 2.05) is 29.8 Å². The molecular weight excluding hydrogens is 317 g/mol. The van der Waals surface area contributed by atoms with Crippen molar-refractivity contribution in [3.05, 3.63) is 77.4 Å². The smallest absolute Gasteiger partial charge is 0.147 e. The molecule has 1 aliphatic rings. The maximum absolute atomic E-state index is 13.3. The fraction of sp³-hybridized carbons (Fsp3) is 0.316. The molecule has 3 heterocycles. The fourth-order valence-electron chi connectivity index (χ4n) is 3.36. The lowest BCUT2D eigenvalue weighted by atomic mass is 9.99. The largest absolute Gasteiger partial charge is 0.300 e. The van der Waals surface area contributed by atoms with Crippen LogP contribution in [0.15, 0.2) is 48.7 Å². The number of benzene rings is 1. The van der Waals surface area contributed by atoms with Gasteiger partial charge in [-0.05, 0) is 31.0 Å². The van der Waals surface area contributed by atoms with E-state index in [0.29, 0.717) is 0 Å². The number of pyridine rings is 1. The van der Waals surface area contributed by atoms with Gasteiger partial charge in [0.1, 0.15) is 17.5 Å². The lowest BCUT2D eigenvalue weighted by Crippen LogP contribution is -2.40. The first-order valence-electron chi connectivity index (χ1n) is 8.52. The number of fused-ring (bicyclic) bond motifs is 1.